The van der Waals surface area contributed by atoms with E-state index in [1.807, 2.05) is 0 Å². The number of amides is 1. The fourth-order valence-electron chi connectivity index (χ4n) is 2.22. The largest absolute Gasteiger partial charge is 0.347 e. The topological polar surface area (TPSA) is 29.1 Å². The molecule has 0 aliphatic carbocycles. The number of halogens is 5. The number of nitrogens with one attached hydrogen (secondary N) is 1. The first kappa shape index (κ1) is 14.7. The van der Waals surface area contributed by atoms with Gasteiger partial charge in [-0.3, -0.25) is 4.79 Å². The minimum Gasteiger partial charge on any atom is -0.347 e. The van der Waals surface area contributed by atoms with Gasteiger partial charge in [-0.2, -0.15) is 8.78 Å². The van der Waals surface area contributed by atoms with Gasteiger partial charge in [-0.15, -0.1) is 0 Å². The molecular weight excluding hydrogens is 281 g/mol. The summed E-state index contributed by atoms with van der Waals surface area (Å²) in [6.45, 7) is 0. The van der Waals surface area contributed by atoms with E-state index in [0.717, 1.165) is 0 Å². The maximum atomic E-state index is 14.2. The van der Waals surface area contributed by atoms with Crippen LogP contribution in [0.1, 0.15) is 31.2 Å². The summed E-state index contributed by atoms with van der Waals surface area (Å²) in [6.07, 6.45) is 0.882. The molecule has 0 bridgehead atoms. The first-order chi connectivity index (χ1) is 9.34. The van der Waals surface area contributed by atoms with Crippen molar-refractivity contribution in [3.05, 3.63) is 35.1 Å². The van der Waals surface area contributed by atoms with Crippen molar-refractivity contribution in [2.24, 2.45) is 0 Å². The molecule has 1 unspecified atom stereocenters. The summed E-state index contributed by atoms with van der Waals surface area (Å²) in [5.74, 6) is -9.77. The summed E-state index contributed by atoms with van der Waals surface area (Å²) in [5, 5.41) is 2.11. The van der Waals surface area contributed by atoms with E-state index in [9.17, 15) is 26.7 Å². The van der Waals surface area contributed by atoms with Crippen LogP contribution < -0.4 is 5.32 Å². The Morgan fingerprint density at radius 2 is 1.80 bits per heavy atom. The Hall–Kier alpha value is -1.66. The summed E-state index contributed by atoms with van der Waals surface area (Å²) >= 11 is 0. The van der Waals surface area contributed by atoms with E-state index in [2.05, 4.69) is 5.32 Å². The number of carbonyl (C=O) groups excluding carboxylic acids is 1. The second-order valence-corrected chi connectivity index (χ2v) is 4.71. The summed E-state index contributed by atoms with van der Waals surface area (Å²) in [7, 11) is 0. The molecule has 0 spiro atoms. The molecule has 1 amide bonds. The lowest BCUT2D eigenvalue weighted by Gasteiger charge is -2.27. The lowest BCUT2D eigenvalue weighted by atomic mass is 9.96. The van der Waals surface area contributed by atoms with Crippen molar-refractivity contribution >= 4 is 5.91 Å². The van der Waals surface area contributed by atoms with E-state index in [0.29, 0.717) is 25.0 Å². The van der Waals surface area contributed by atoms with E-state index in [1.54, 1.807) is 0 Å². The number of hydrogen-bond donors (Lipinski definition) is 1. The molecule has 1 fully saturated rings. The predicted octanol–water partition coefficient (Wildman–Crippen LogP) is 3.25. The van der Waals surface area contributed by atoms with E-state index >= 15 is 0 Å². The molecule has 110 valence electrons. The zero-order valence-electron chi connectivity index (χ0n) is 10.4. The minimum atomic E-state index is -3.81. The second kappa shape index (κ2) is 5.38. The van der Waals surface area contributed by atoms with Crippen LogP contribution in [0.2, 0.25) is 0 Å². The second-order valence-electron chi connectivity index (χ2n) is 4.71. The van der Waals surface area contributed by atoms with Crippen LogP contribution in [-0.4, -0.2) is 11.9 Å². The Morgan fingerprint density at radius 3 is 2.50 bits per heavy atom. The fraction of sp³-hybridized carbons (Fsp3) is 0.462. The third kappa shape index (κ3) is 2.62. The number of carbonyl (C=O) groups is 1. The first-order valence-corrected chi connectivity index (χ1v) is 6.15. The van der Waals surface area contributed by atoms with E-state index in [4.69, 9.17) is 0 Å². The highest BCUT2D eigenvalue weighted by molar-refractivity contribution is 5.76. The van der Waals surface area contributed by atoms with Crippen molar-refractivity contribution in [1.29, 1.82) is 0 Å². The molecule has 2 rings (SSSR count). The zero-order valence-corrected chi connectivity index (χ0v) is 10.4. The predicted molar refractivity (Wildman–Crippen MR) is 60.6 cm³/mol. The Morgan fingerprint density at radius 1 is 1.10 bits per heavy atom. The van der Waals surface area contributed by atoms with Crippen LogP contribution in [-0.2, 0) is 10.7 Å². The molecule has 1 aromatic carbocycles. The van der Waals surface area contributed by atoms with Gasteiger partial charge in [-0.05, 0) is 25.0 Å². The standard InChI is InChI=1S/C13H12F5NO/c14-8-6-5-7(11(15)12(8)16)13(17,18)9-3-1-2-4-10(20)19-9/h5-6,9H,1-4H2,(H,19,20). The number of rotatable bonds is 2. The summed E-state index contributed by atoms with van der Waals surface area (Å²) in [4.78, 5) is 11.3. The van der Waals surface area contributed by atoms with Crippen LogP contribution >= 0.6 is 0 Å². The van der Waals surface area contributed by atoms with Gasteiger partial charge in [0.2, 0.25) is 5.91 Å². The average molecular weight is 293 g/mol. The lowest BCUT2D eigenvalue weighted by molar-refractivity contribution is -0.125. The van der Waals surface area contributed by atoms with Crippen LogP contribution in [0.15, 0.2) is 12.1 Å². The normalized spacial score (nSPS) is 20.4. The van der Waals surface area contributed by atoms with Crippen LogP contribution in [0.25, 0.3) is 0 Å². The molecular formula is C13H12F5NO. The van der Waals surface area contributed by atoms with E-state index < -0.39 is 40.9 Å². The molecule has 0 radical (unpaired) electrons. The number of alkyl halides is 2. The number of benzene rings is 1. The highest BCUT2D eigenvalue weighted by atomic mass is 19.3. The van der Waals surface area contributed by atoms with Crippen molar-refractivity contribution < 1.29 is 26.7 Å². The van der Waals surface area contributed by atoms with Crippen molar-refractivity contribution in [2.75, 3.05) is 0 Å². The molecule has 1 atom stereocenters. The Kier molecular flexibility index (Phi) is 3.96. The molecule has 2 nitrogen and oxygen atoms in total. The Balaban J connectivity index is 2.38. The van der Waals surface area contributed by atoms with Crippen LogP contribution in [0.4, 0.5) is 22.0 Å². The molecule has 1 aliphatic heterocycles. The molecule has 0 aromatic heterocycles. The monoisotopic (exact) mass is 293 g/mol. The smallest absolute Gasteiger partial charge is 0.295 e. The molecule has 1 aliphatic rings. The molecule has 0 saturated carbocycles. The van der Waals surface area contributed by atoms with Crippen molar-refractivity contribution in [1.82, 2.24) is 5.32 Å². The molecule has 7 heteroatoms. The molecule has 1 heterocycles. The minimum absolute atomic E-state index is 0.0584. The first-order valence-electron chi connectivity index (χ1n) is 6.15. The Labute approximate surface area is 112 Å². The van der Waals surface area contributed by atoms with Gasteiger partial charge >= 0.3 is 0 Å². The molecule has 20 heavy (non-hydrogen) atoms. The number of hydrogen-bond acceptors (Lipinski definition) is 1. The highest BCUT2D eigenvalue weighted by Gasteiger charge is 2.45. The van der Waals surface area contributed by atoms with Gasteiger partial charge in [-0.1, -0.05) is 6.42 Å². The maximum absolute atomic E-state index is 14.2. The zero-order chi connectivity index (χ0) is 14.9. The van der Waals surface area contributed by atoms with E-state index in [-0.39, 0.29) is 12.8 Å². The molecule has 1 N–H and O–H groups in total. The summed E-state index contributed by atoms with van der Waals surface area (Å²) in [6, 6.07) is -0.679. The highest BCUT2D eigenvalue weighted by Crippen LogP contribution is 2.37. The van der Waals surface area contributed by atoms with Crippen LogP contribution in [0, 0.1) is 17.5 Å². The Bertz CT molecular complexity index is 532. The van der Waals surface area contributed by atoms with Crippen molar-refractivity contribution in [2.45, 2.75) is 37.6 Å². The van der Waals surface area contributed by atoms with Crippen molar-refractivity contribution in [3.8, 4) is 0 Å². The lowest BCUT2D eigenvalue weighted by Crippen LogP contribution is -2.45. The van der Waals surface area contributed by atoms with Gasteiger partial charge in [0, 0.05) is 6.42 Å². The van der Waals surface area contributed by atoms with Crippen LogP contribution in [0.5, 0.6) is 0 Å². The molecule has 1 aromatic rings. The van der Waals surface area contributed by atoms with Gasteiger partial charge in [0.25, 0.3) is 5.92 Å². The van der Waals surface area contributed by atoms with Gasteiger partial charge < -0.3 is 5.32 Å². The van der Waals surface area contributed by atoms with Gasteiger partial charge in [0.15, 0.2) is 17.5 Å². The summed E-state index contributed by atoms with van der Waals surface area (Å²) in [5.41, 5.74) is -1.25. The third-order valence-corrected chi connectivity index (χ3v) is 3.31. The van der Waals surface area contributed by atoms with Gasteiger partial charge in [0.05, 0.1) is 11.6 Å². The van der Waals surface area contributed by atoms with Crippen molar-refractivity contribution in [3.63, 3.8) is 0 Å². The summed E-state index contributed by atoms with van der Waals surface area (Å²) < 4.78 is 67.8. The van der Waals surface area contributed by atoms with Gasteiger partial charge in [0.1, 0.15) is 0 Å². The average Bonchev–Trinajstić information content (AvgIpc) is 2.61. The third-order valence-electron chi connectivity index (χ3n) is 3.31. The van der Waals surface area contributed by atoms with Gasteiger partial charge in [-0.25, -0.2) is 13.2 Å². The SMILES string of the molecule is O=C1CCCCC(C(F)(F)c2ccc(F)c(F)c2F)N1. The maximum Gasteiger partial charge on any atom is 0.295 e. The van der Waals surface area contributed by atoms with Crippen LogP contribution in [0.3, 0.4) is 0 Å². The fourth-order valence-corrected chi connectivity index (χ4v) is 2.22. The van der Waals surface area contributed by atoms with E-state index in [1.165, 1.54) is 0 Å². The molecule has 1 saturated heterocycles. The quantitative estimate of drug-likeness (QED) is 0.658.